The zero-order valence-electron chi connectivity index (χ0n) is 18.0. The summed E-state index contributed by atoms with van der Waals surface area (Å²) in [6.07, 6.45) is 7.15. The fourth-order valence-corrected chi connectivity index (χ4v) is 6.14. The molecule has 3 unspecified atom stereocenters. The number of methoxy groups -OCH3 is 1. The van der Waals surface area contributed by atoms with Crippen molar-refractivity contribution in [2.24, 2.45) is 5.92 Å². The summed E-state index contributed by atoms with van der Waals surface area (Å²) in [6.45, 7) is 3.07. The highest BCUT2D eigenvalue weighted by atomic mass is 79.9. The van der Waals surface area contributed by atoms with Crippen molar-refractivity contribution in [1.29, 1.82) is 0 Å². The first kappa shape index (κ1) is 21.6. The van der Waals surface area contributed by atoms with E-state index in [9.17, 15) is 4.79 Å². The van der Waals surface area contributed by atoms with E-state index in [-0.39, 0.29) is 11.5 Å². The van der Waals surface area contributed by atoms with E-state index in [0.717, 1.165) is 54.4 Å². The number of halogens is 1. The standard InChI is InChI=1S/C26H32BrNO2/c1-3-18-10-11-23(27)19(15-18)16-24(29)25-22-9-5-12-26(22,13-6-14-28-25)20-7-4-8-21(17-20)30-2/h4,7-8,10-11,15,17,22,25,28H,3,5-6,9,12-14,16H2,1-2H3. The Morgan fingerprint density at radius 3 is 2.83 bits per heavy atom. The summed E-state index contributed by atoms with van der Waals surface area (Å²) >= 11 is 3.66. The molecule has 160 valence electrons. The summed E-state index contributed by atoms with van der Waals surface area (Å²) in [6, 6.07) is 14.9. The molecule has 0 spiro atoms. The Hall–Kier alpha value is -1.65. The quantitative estimate of drug-likeness (QED) is 0.596. The van der Waals surface area contributed by atoms with Gasteiger partial charge < -0.3 is 10.1 Å². The van der Waals surface area contributed by atoms with Crippen LogP contribution in [0.2, 0.25) is 0 Å². The highest BCUT2D eigenvalue weighted by molar-refractivity contribution is 9.10. The molecule has 30 heavy (non-hydrogen) atoms. The van der Waals surface area contributed by atoms with Gasteiger partial charge in [0.15, 0.2) is 5.78 Å². The van der Waals surface area contributed by atoms with Gasteiger partial charge in [-0.25, -0.2) is 0 Å². The number of fused-ring (bicyclic) bond motifs is 1. The zero-order valence-corrected chi connectivity index (χ0v) is 19.6. The molecule has 1 heterocycles. The lowest BCUT2D eigenvalue weighted by Crippen LogP contribution is -2.47. The van der Waals surface area contributed by atoms with Crippen LogP contribution in [0.4, 0.5) is 0 Å². The van der Waals surface area contributed by atoms with Crippen LogP contribution >= 0.6 is 15.9 Å². The molecule has 3 nitrogen and oxygen atoms in total. The minimum absolute atomic E-state index is 0.0703. The first-order valence-electron chi connectivity index (χ1n) is 11.3. The average molecular weight is 470 g/mol. The number of nitrogens with one attached hydrogen (secondary N) is 1. The number of ether oxygens (including phenoxy) is 1. The largest absolute Gasteiger partial charge is 0.497 e. The van der Waals surface area contributed by atoms with Gasteiger partial charge in [0.1, 0.15) is 5.75 Å². The average Bonchev–Trinajstić information content (AvgIpc) is 3.11. The van der Waals surface area contributed by atoms with Crippen LogP contribution in [0.3, 0.4) is 0 Å². The topological polar surface area (TPSA) is 38.3 Å². The smallest absolute Gasteiger partial charge is 0.154 e. The van der Waals surface area contributed by atoms with Crippen molar-refractivity contribution < 1.29 is 9.53 Å². The minimum Gasteiger partial charge on any atom is -0.497 e. The van der Waals surface area contributed by atoms with Crippen molar-refractivity contribution in [2.75, 3.05) is 13.7 Å². The summed E-state index contributed by atoms with van der Waals surface area (Å²) in [4.78, 5) is 13.6. The highest BCUT2D eigenvalue weighted by Gasteiger charge is 2.50. The first-order chi connectivity index (χ1) is 14.6. The van der Waals surface area contributed by atoms with Crippen molar-refractivity contribution in [1.82, 2.24) is 5.32 Å². The van der Waals surface area contributed by atoms with E-state index in [2.05, 4.69) is 64.6 Å². The maximum absolute atomic E-state index is 13.6. The lowest BCUT2D eigenvalue weighted by atomic mass is 9.66. The lowest BCUT2D eigenvalue weighted by molar-refractivity contribution is -0.122. The van der Waals surface area contributed by atoms with Crippen LogP contribution in [0.25, 0.3) is 0 Å². The number of ketones is 1. The molecular weight excluding hydrogens is 438 g/mol. The number of carbonyl (C=O) groups excluding carboxylic acids is 1. The van der Waals surface area contributed by atoms with Gasteiger partial charge in [0, 0.05) is 16.3 Å². The number of Topliss-reactive ketones (excluding diaryl/α,β-unsaturated/α-hetero) is 1. The van der Waals surface area contributed by atoms with Crippen LogP contribution < -0.4 is 10.1 Å². The fraction of sp³-hybridized carbons (Fsp3) is 0.500. The summed E-state index contributed by atoms with van der Waals surface area (Å²) in [5.74, 6) is 1.57. The molecule has 4 heteroatoms. The lowest BCUT2D eigenvalue weighted by Gasteiger charge is -2.38. The third-order valence-electron chi connectivity index (χ3n) is 7.29. The van der Waals surface area contributed by atoms with Gasteiger partial charge in [0.25, 0.3) is 0 Å². The van der Waals surface area contributed by atoms with Crippen molar-refractivity contribution in [2.45, 2.75) is 63.3 Å². The van der Waals surface area contributed by atoms with E-state index in [1.54, 1.807) is 7.11 Å². The molecule has 2 aliphatic rings. The molecule has 2 aromatic carbocycles. The van der Waals surface area contributed by atoms with Gasteiger partial charge in [0.2, 0.25) is 0 Å². The molecular formula is C26H32BrNO2. The second-order valence-corrected chi connectivity index (χ2v) is 9.70. The molecule has 1 aliphatic heterocycles. The SMILES string of the molecule is CCc1ccc(Br)c(CC(=O)C2NCCCC3(c4cccc(OC)c4)CCCC23)c1. The van der Waals surface area contributed by atoms with Crippen LogP contribution in [-0.2, 0) is 23.1 Å². The molecule has 0 radical (unpaired) electrons. The van der Waals surface area contributed by atoms with E-state index in [1.807, 2.05) is 6.07 Å². The molecule has 0 bridgehead atoms. The number of benzene rings is 2. The minimum atomic E-state index is -0.0848. The first-order valence-corrected chi connectivity index (χ1v) is 12.0. The second kappa shape index (κ2) is 9.23. The van der Waals surface area contributed by atoms with Crippen molar-refractivity contribution in [3.8, 4) is 5.75 Å². The Morgan fingerprint density at radius 2 is 2.03 bits per heavy atom. The number of hydrogen-bond donors (Lipinski definition) is 1. The third-order valence-corrected chi connectivity index (χ3v) is 8.06. The molecule has 2 aromatic rings. The zero-order chi connectivity index (χ0) is 21.1. The van der Waals surface area contributed by atoms with Gasteiger partial charge in [-0.05, 0) is 79.5 Å². The van der Waals surface area contributed by atoms with E-state index >= 15 is 0 Å². The molecule has 0 amide bonds. The van der Waals surface area contributed by atoms with Crippen molar-refractivity contribution in [3.05, 3.63) is 63.6 Å². The molecule has 1 aliphatic carbocycles. The Morgan fingerprint density at radius 1 is 1.20 bits per heavy atom. The molecule has 1 saturated heterocycles. The fourth-order valence-electron chi connectivity index (χ4n) is 5.75. The van der Waals surface area contributed by atoms with E-state index in [4.69, 9.17) is 4.74 Å². The van der Waals surface area contributed by atoms with Crippen molar-refractivity contribution >= 4 is 21.7 Å². The van der Waals surface area contributed by atoms with Crippen LogP contribution in [-0.4, -0.2) is 25.5 Å². The predicted molar refractivity (Wildman–Crippen MR) is 125 cm³/mol. The van der Waals surface area contributed by atoms with E-state index in [1.165, 1.54) is 17.5 Å². The molecule has 0 aromatic heterocycles. The number of aryl methyl sites for hydroxylation is 1. The van der Waals surface area contributed by atoms with Crippen LogP contribution in [0, 0.1) is 5.92 Å². The van der Waals surface area contributed by atoms with Crippen molar-refractivity contribution in [3.63, 3.8) is 0 Å². The maximum Gasteiger partial charge on any atom is 0.154 e. The Labute approximate surface area is 188 Å². The second-order valence-electron chi connectivity index (χ2n) is 8.84. The monoisotopic (exact) mass is 469 g/mol. The van der Waals surface area contributed by atoms with Crippen LogP contribution in [0.1, 0.15) is 55.7 Å². The molecule has 1 saturated carbocycles. The Balaban J connectivity index is 1.64. The van der Waals surface area contributed by atoms with Gasteiger partial charge in [-0.2, -0.15) is 0 Å². The summed E-state index contributed by atoms with van der Waals surface area (Å²) in [7, 11) is 1.73. The maximum atomic E-state index is 13.6. The summed E-state index contributed by atoms with van der Waals surface area (Å²) < 4.78 is 6.56. The predicted octanol–water partition coefficient (Wildman–Crippen LogP) is 5.62. The van der Waals surface area contributed by atoms with Crippen LogP contribution in [0.5, 0.6) is 5.75 Å². The van der Waals surface area contributed by atoms with Gasteiger partial charge >= 0.3 is 0 Å². The Kier molecular flexibility index (Phi) is 6.64. The summed E-state index contributed by atoms with van der Waals surface area (Å²) in [5, 5.41) is 3.65. The number of rotatable bonds is 6. The Bertz CT molecular complexity index is 912. The van der Waals surface area contributed by atoms with Gasteiger partial charge in [-0.3, -0.25) is 4.79 Å². The molecule has 1 N–H and O–H groups in total. The van der Waals surface area contributed by atoms with Gasteiger partial charge in [-0.1, -0.05) is 53.5 Å². The molecule has 4 rings (SSSR count). The normalized spacial score (nSPS) is 26.1. The van der Waals surface area contributed by atoms with E-state index in [0.29, 0.717) is 18.1 Å². The third kappa shape index (κ3) is 4.09. The molecule has 3 atom stereocenters. The highest BCUT2D eigenvalue weighted by Crippen LogP contribution is 2.52. The number of hydrogen-bond acceptors (Lipinski definition) is 3. The molecule has 2 fully saturated rings. The summed E-state index contributed by atoms with van der Waals surface area (Å²) in [5.41, 5.74) is 3.80. The van der Waals surface area contributed by atoms with Gasteiger partial charge in [0.05, 0.1) is 13.2 Å². The van der Waals surface area contributed by atoms with Gasteiger partial charge in [-0.15, -0.1) is 0 Å². The van der Waals surface area contributed by atoms with Crippen LogP contribution in [0.15, 0.2) is 46.9 Å². The van der Waals surface area contributed by atoms with E-state index < -0.39 is 0 Å². The number of carbonyl (C=O) groups is 1.